The van der Waals surface area contributed by atoms with Gasteiger partial charge in [-0.1, -0.05) is 23.8 Å². The van der Waals surface area contributed by atoms with Crippen molar-refractivity contribution >= 4 is 28.8 Å². The number of hydrogen-bond acceptors (Lipinski definition) is 4. The third-order valence-corrected chi connectivity index (χ3v) is 6.59. The third-order valence-electron chi connectivity index (χ3n) is 5.65. The topological polar surface area (TPSA) is 58.6 Å². The van der Waals surface area contributed by atoms with Crippen molar-refractivity contribution in [2.45, 2.75) is 44.7 Å². The molecule has 4 rings (SSSR count). The lowest BCUT2D eigenvalue weighted by molar-refractivity contribution is -0.130. The van der Waals surface area contributed by atoms with Crippen LogP contribution in [0.2, 0.25) is 0 Å². The molecule has 1 aromatic carbocycles. The van der Waals surface area contributed by atoms with Gasteiger partial charge in [0.1, 0.15) is 0 Å². The SMILES string of the molecule is Cc1ccc(N2C(=O)CC[C@@H](C(=O)NC3CCOCC3)[C@@H]2c2cccs2)cc1. The van der Waals surface area contributed by atoms with Crippen molar-refractivity contribution in [1.29, 1.82) is 0 Å². The molecule has 148 valence electrons. The van der Waals surface area contributed by atoms with Gasteiger partial charge in [0.2, 0.25) is 11.8 Å². The first-order valence-corrected chi connectivity index (χ1v) is 10.8. The maximum atomic E-state index is 13.2. The number of anilines is 1. The summed E-state index contributed by atoms with van der Waals surface area (Å²) in [6, 6.07) is 11.9. The molecule has 2 aliphatic heterocycles. The summed E-state index contributed by atoms with van der Waals surface area (Å²) in [5, 5.41) is 5.23. The van der Waals surface area contributed by atoms with Gasteiger partial charge in [0.15, 0.2) is 0 Å². The molecule has 0 radical (unpaired) electrons. The Morgan fingerprint density at radius 2 is 1.89 bits per heavy atom. The molecule has 3 heterocycles. The molecule has 2 aromatic rings. The Labute approximate surface area is 169 Å². The van der Waals surface area contributed by atoms with Crippen LogP contribution in [-0.4, -0.2) is 31.1 Å². The van der Waals surface area contributed by atoms with Crippen molar-refractivity contribution in [3.8, 4) is 0 Å². The normalized spacial score (nSPS) is 23.6. The number of thiophene rings is 1. The molecule has 2 fully saturated rings. The number of amides is 2. The number of aryl methyl sites for hydroxylation is 1. The van der Waals surface area contributed by atoms with E-state index in [4.69, 9.17) is 4.74 Å². The van der Waals surface area contributed by atoms with Crippen LogP contribution in [0.25, 0.3) is 0 Å². The first-order chi connectivity index (χ1) is 13.6. The highest BCUT2D eigenvalue weighted by atomic mass is 32.1. The number of carbonyl (C=O) groups excluding carboxylic acids is 2. The number of nitrogens with zero attached hydrogens (tertiary/aromatic N) is 1. The fraction of sp³-hybridized carbons (Fsp3) is 0.455. The second kappa shape index (κ2) is 8.45. The number of ether oxygens (including phenoxy) is 1. The van der Waals surface area contributed by atoms with Crippen LogP contribution < -0.4 is 10.2 Å². The number of benzene rings is 1. The lowest BCUT2D eigenvalue weighted by Crippen LogP contribution is -2.50. The van der Waals surface area contributed by atoms with Crippen molar-refractivity contribution in [1.82, 2.24) is 5.32 Å². The maximum absolute atomic E-state index is 13.2. The molecule has 28 heavy (non-hydrogen) atoms. The van der Waals surface area contributed by atoms with Gasteiger partial charge in [0.05, 0.1) is 12.0 Å². The van der Waals surface area contributed by atoms with Crippen molar-refractivity contribution in [2.24, 2.45) is 5.92 Å². The summed E-state index contributed by atoms with van der Waals surface area (Å²) in [7, 11) is 0. The molecule has 0 saturated carbocycles. The minimum Gasteiger partial charge on any atom is -0.381 e. The van der Waals surface area contributed by atoms with Crippen LogP contribution in [0.4, 0.5) is 5.69 Å². The van der Waals surface area contributed by atoms with E-state index >= 15 is 0 Å². The molecule has 2 aliphatic rings. The third kappa shape index (κ3) is 3.98. The quantitative estimate of drug-likeness (QED) is 0.851. The summed E-state index contributed by atoms with van der Waals surface area (Å²) >= 11 is 1.61. The van der Waals surface area contributed by atoms with E-state index in [1.807, 2.05) is 53.6 Å². The molecule has 2 atom stereocenters. The van der Waals surface area contributed by atoms with Crippen LogP contribution >= 0.6 is 11.3 Å². The van der Waals surface area contributed by atoms with Crippen LogP contribution in [0.15, 0.2) is 41.8 Å². The van der Waals surface area contributed by atoms with Gasteiger partial charge in [-0.3, -0.25) is 9.59 Å². The lowest BCUT2D eigenvalue weighted by atomic mass is 9.86. The summed E-state index contributed by atoms with van der Waals surface area (Å²) in [6.07, 6.45) is 2.67. The second-order valence-corrected chi connectivity index (χ2v) is 8.58. The van der Waals surface area contributed by atoms with Crippen LogP contribution in [-0.2, 0) is 14.3 Å². The molecule has 2 amide bonds. The van der Waals surface area contributed by atoms with Crippen molar-refractivity contribution in [3.05, 3.63) is 52.2 Å². The van der Waals surface area contributed by atoms with E-state index in [2.05, 4.69) is 5.32 Å². The van der Waals surface area contributed by atoms with Crippen LogP contribution in [0.1, 0.15) is 42.2 Å². The zero-order valence-electron chi connectivity index (χ0n) is 16.1. The fourth-order valence-electron chi connectivity index (χ4n) is 4.11. The van der Waals surface area contributed by atoms with Gasteiger partial charge in [0.25, 0.3) is 0 Å². The Bertz CT molecular complexity index is 813. The standard InChI is InChI=1S/C22H26N2O3S/c1-15-4-6-17(7-5-15)24-20(25)9-8-18(21(24)19-3-2-14-28-19)22(26)23-16-10-12-27-13-11-16/h2-7,14,16,18,21H,8-13H2,1H3,(H,23,26)/t18-,21-/m1/s1. The smallest absolute Gasteiger partial charge is 0.227 e. The highest BCUT2D eigenvalue weighted by Crippen LogP contribution is 2.41. The van der Waals surface area contributed by atoms with Crippen molar-refractivity contribution in [3.63, 3.8) is 0 Å². The molecule has 0 spiro atoms. The van der Waals surface area contributed by atoms with Gasteiger partial charge < -0.3 is 15.0 Å². The predicted octanol–water partition coefficient (Wildman–Crippen LogP) is 3.84. The van der Waals surface area contributed by atoms with Crippen LogP contribution in [0.5, 0.6) is 0 Å². The van der Waals surface area contributed by atoms with E-state index in [0.717, 1.165) is 29.0 Å². The zero-order valence-corrected chi connectivity index (χ0v) is 16.9. The number of piperidine rings is 1. The zero-order chi connectivity index (χ0) is 19.5. The van der Waals surface area contributed by atoms with E-state index in [9.17, 15) is 9.59 Å². The Hall–Kier alpha value is -2.18. The van der Waals surface area contributed by atoms with Gasteiger partial charge >= 0.3 is 0 Å². The van der Waals surface area contributed by atoms with Gasteiger partial charge in [-0.2, -0.15) is 0 Å². The Morgan fingerprint density at radius 3 is 2.57 bits per heavy atom. The highest BCUT2D eigenvalue weighted by molar-refractivity contribution is 7.10. The summed E-state index contributed by atoms with van der Waals surface area (Å²) in [5.74, 6) is -0.118. The Balaban J connectivity index is 1.64. The minimum atomic E-state index is -0.260. The molecule has 0 bridgehead atoms. The van der Waals surface area contributed by atoms with Crippen LogP contribution in [0, 0.1) is 12.8 Å². The first kappa shape index (κ1) is 19.2. The van der Waals surface area contributed by atoms with Crippen molar-refractivity contribution in [2.75, 3.05) is 18.1 Å². The first-order valence-electron chi connectivity index (χ1n) is 9.94. The molecule has 5 nitrogen and oxygen atoms in total. The Morgan fingerprint density at radius 1 is 1.14 bits per heavy atom. The van der Waals surface area contributed by atoms with Gasteiger partial charge in [-0.15, -0.1) is 11.3 Å². The van der Waals surface area contributed by atoms with E-state index in [1.54, 1.807) is 11.3 Å². The number of hydrogen-bond donors (Lipinski definition) is 1. The second-order valence-electron chi connectivity index (χ2n) is 7.60. The molecule has 2 saturated heterocycles. The molecular formula is C22H26N2O3S. The van der Waals surface area contributed by atoms with Crippen LogP contribution in [0.3, 0.4) is 0 Å². The summed E-state index contributed by atoms with van der Waals surface area (Å²) in [6.45, 7) is 3.42. The molecule has 0 unspecified atom stereocenters. The summed E-state index contributed by atoms with van der Waals surface area (Å²) in [4.78, 5) is 29.0. The van der Waals surface area contributed by atoms with Gasteiger partial charge in [-0.25, -0.2) is 0 Å². The monoisotopic (exact) mass is 398 g/mol. The molecular weight excluding hydrogens is 372 g/mol. The Kier molecular flexibility index (Phi) is 5.78. The van der Waals surface area contributed by atoms with Gasteiger partial charge in [-0.05, 0) is 49.8 Å². The molecule has 1 aromatic heterocycles. The van der Waals surface area contributed by atoms with Crippen molar-refractivity contribution < 1.29 is 14.3 Å². The van der Waals surface area contributed by atoms with E-state index < -0.39 is 0 Å². The molecule has 1 N–H and O–H groups in total. The maximum Gasteiger partial charge on any atom is 0.227 e. The molecule has 0 aliphatic carbocycles. The van der Waals surface area contributed by atoms with E-state index in [-0.39, 0.29) is 29.8 Å². The predicted molar refractivity (Wildman–Crippen MR) is 110 cm³/mol. The summed E-state index contributed by atoms with van der Waals surface area (Å²) < 4.78 is 5.40. The fourth-order valence-corrected chi connectivity index (χ4v) is 4.99. The largest absolute Gasteiger partial charge is 0.381 e. The van der Waals surface area contributed by atoms with E-state index in [1.165, 1.54) is 0 Å². The average Bonchev–Trinajstić information content (AvgIpc) is 3.24. The van der Waals surface area contributed by atoms with E-state index in [0.29, 0.717) is 26.1 Å². The number of rotatable bonds is 4. The molecule has 6 heteroatoms. The number of nitrogens with one attached hydrogen (secondary N) is 1. The average molecular weight is 399 g/mol. The minimum absolute atomic E-state index is 0.0508. The number of carbonyl (C=O) groups is 2. The van der Waals surface area contributed by atoms with Gasteiger partial charge in [0, 0.05) is 36.2 Å². The highest BCUT2D eigenvalue weighted by Gasteiger charge is 2.42. The lowest BCUT2D eigenvalue weighted by Gasteiger charge is -2.40. The summed E-state index contributed by atoms with van der Waals surface area (Å²) in [5.41, 5.74) is 2.01.